The minimum atomic E-state index is 0.0581. The molecule has 0 N–H and O–H groups in total. The molecule has 5 rings (SSSR count). The first-order valence-corrected chi connectivity index (χ1v) is 13.1. The maximum atomic E-state index is 12.9. The van der Waals surface area contributed by atoms with E-state index in [1.807, 2.05) is 36.6 Å². The Balaban J connectivity index is 1.18. The molecular weight excluding hydrogens is 453 g/mol. The molecule has 0 saturated carbocycles. The van der Waals surface area contributed by atoms with Crippen LogP contribution in [-0.2, 0) is 13.1 Å². The molecule has 1 fully saturated rings. The maximum absolute atomic E-state index is 12.9. The molecular formula is C28H36BN3O4. The van der Waals surface area contributed by atoms with E-state index in [0.29, 0.717) is 32.4 Å². The normalized spacial score (nSPS) is 16.5. The minimum Gasteiger partial charge on any atom is -0.494 e. The second-order valence-corrected chi connectivity index (χ2v) is 9.90. The molecule has 0 aliphatic carbocycles. The molecule has 2 aliphatic heterocycles. The summed E-state index contributed by atoms with van der Waals surface area (Å²) in [6, 6.07) is 14.6. The number of aromatic nitrogens is 1. The van der Waals surface area contributed by atoms with Crippen molar-refractivity contribution in [2.24, 2.45) is 0 Å². The predicted molar refractivity (Wildman–Crippen MR) is 145 cm³/mol. The lowest BCUT2D eigenvalue weighted by Crippen LogP contribution is -2.44. The SMILES string of the molecule is BN(Cc1ccc2c(c1)OCCO2)C1CCN(CCn2c(=O)cc(C)c3ccc(OCC)cc32)CC1. The molecule has 0 unspecified atom stereocenters. The topological polar surface area (TPSA) is 56.2 Å². The van der Waals surface area contributed by atoms with E-state index in [9.17, 15) is 4.79 Å². The van der Waals surface area contributed by atoms with Crippen molar-refractivity contribution in [1.82, 2.24) is 14.3 Å². The number of piperidine rings is 1. The van der Waals surface area contributed by atoms with E-state index in [4.69, 9.17) is 14.2 Å². The van der Waals surface area contributed by atoms with E-state index < -0.39 is 0 Å². The van der Waals surface area contributed by atoms with E-state index in [0.717, 1.165) is 72.7 Å². The fourth-order valence-electron chi connectivity index (χ4n) is 5.44. The molecule has 2 aromatic carbocycles. The van der Waals surface area contributed by atoms with Gasteiger partial charge in [-0.05, 0) is 75.2 Å². The number of rotatable bonds is 8. The molecule has 0 atom stereocenters. The molecule has 0 amide bonds. The van der Waals surface area contributed by atoms with Crippen molar-refractivity contribution in [1.29, 1.82) is 0 Å². The maximum Gasteiger partial charge on any atom is 0.251 e. The highest BCUT2D eigenvalue weighted by Gasteiger charge is 2.23. The number of aryl methyl sites for hydroxylation is 1. The first-order valence-electron chi connectivity index (χ1n) is 13.1. The number of hydrogen-bond acceptors (Lipinski definition) is 6. The van der Waals surface area contributed by atoms with E-state index in [1.165, 1.54) is 5.56 Å². The molecule has 190 valence electrons. The van der Waals surface area contributed by atoms with Crippen LogP contribution in [-0.4, -0.2) is 67.8 Å². The third-order valence-electron chi connectivity index (χ3n) is 7.46. The molecule has 7 nitrogen and oxygen atoms in total. The zero-order valence-corrected chi connectivity index (χ0v) is 21.7. The summed E-state index contributed by atoms with van der Waals surface area (Å²) in [5, 5.41) is 1.11. The Morgan fingerprint density at radius 3 is 2.58 bits per heavy atom. The fraction of sp³-hybridized carbons (Fsp3) is 0.464. The molecule has 8 heteroatoms. The predicted octanol–water partition coefficient (Wildman–Crippen LogP) is 2.99. The van der Waals surface area contributed by atoms with Crippen molar-refractivity contribution < 1.29 is 14.2 Å². The van der Waals surface area contributed by atoms with Crippen LogP contribution >= 0.6 is 0 Å². The molecule has 1 saturated heterocycles. The van der Waals surface area contributed by atoms with E-state index in [1.54, 1.807) is 6.07 Å². The number of likely N-dealkylation sites (tertiary alicyclic amines) is 1. The summed E-state index contributed by atoms with van der Waals surface area (Å²) in [6.07, 6.45) is 2.25. The zero-order valence-electron chi connectivity index (χ0n) is 21.7. The Morgan fingerprint density at radius 1 is 1.03 bits per heavy atom. The summed E-state index contributed by atoms with van der Waals surface area (Å²) in [4.78, 5) is 17.8. The Hall–Kier alpha value is -2.97. The number of pyridine rings is 1. The summed E-state index contributed by atoms with van der Waals surface area (Å²) in [7, 11) is 2.21. The molecule has 3 heterocycles. The number of hydrogen-bond donors (Lipinski definition) is 0. The van der Waals surface area contributed by atoms with Gasteiger partial charge in [0.05, 0.1) is 12.1 Å². The van der Waals surface area contributed by atoms with Crippen LogP contribution in [0.2, 0.25) is 0 Å². The van der Waals surface area contributed by atoms with Gasteiger partial charge in [0.2, 0.25) is 0 Å². The lowest BCUT2D eigenvalue weighted by molar-refractivity contribution is 0.153. The lowest BCUT2D eigenvalue weighted by atomic mass is 9.99. The van der Waals surface area contributed by atoms with Crippen LogP contribution < -0.4 is 19.8 Å². The molecule has 0 spiro atoms. The molecule has 1 aromatic heterocycles. The average molecular weight is 489 g/mol. The average Bonchev–Trinajstić information content (AvgIpc) is 2.89. The highest BCUT2D eigenvalue weighted by atomic mass is 16.6. The fourth-order valence-corrected chi connectivity index (χ4v) is 5.44. The van der Waals surface area contributed by atoms with Crippen molar-refractivity contribution in [2.75, 3.05) is 39.5 Å². The van der Waals surface area contributed by atoms with Crippen LogP contribution in [0.1, 0.15) is 30.9 Å². The van der Waals surface area contributed by atoms with Crippen molar-refractivity contribution in [3.8, 4) is 17.2 Å². The van der Waals surface area contributed by atoms with Crippen molar-refractivity contribution in [3.63, 3.8) is 0 Å². The van der Waals surface area contributed by atoms with Gasteiger partial charge >= 0.3 is 0 Å². The largest absolute Gasteiger partial charge is 0.494 e. The van der Waals surface area contributed by atoms with Gasteiger partial charge in [-0.25, -0.2) is 0 Å². The van der Waals surface area contributed by atoms with Crippen molar-refractivity contribution in [3.05, 3.63) is 63.9 Å². The van der Waals surface area contributed by atoms with Gasteiger partial charge < -0.3 is 28.5 Å². The standard InChI is InChI=1S/C28H36BN3O4/c1-3-34-23-5-6-24-20(2)16-28(33)31(25(24)18-23)13-12-30-10-8-22(9-11-30)32(29)19-21-4-7-26-27(17-21)36-15-14-35-26/h4-7,16-18,22H,3,8-15,19,29H2,1-2H3. The second-order valence-electron chi connectivity index (χ2n) is 9.90. The van der Waals surface area contributed by atoms with Gasteiger partial charge in [-0.3, -0.25) is 4.79 Å². The van der Waals surface area contributed by atoms with Crippen LogP contribution in [0, 0.1) is 6.92 Å². The van der Waals surface area contributed by atoms with E-state index in [2.05, 4.69) is 35.9 Å². The third-order valence-corrected chi connectivity index (χ3v) is 7.46. The molecule has 0 bridgehead atoms. The minimum absolute atomic E-state index is 0.0581. The first kappa shape index (κ1) is 24.7. The van der Waals surface area contributed by atoms with Crippen LogP contribution in [0.25, 0.3) is 10.9 Å². The van der Waals surface area contributed by atoms with Gasteiger partial charge in [0, 0.05) is 43.2 Å². The number of benzene rings is 2. The van der Waals surface area contributed by atoms with Crippen molar-refractivity contribution >= 4 is 18.9 Å². The third kappa shape index (κ3) is 5.40. The Labute approximate surface area is 214 Å². The summed E-state index contributed by atoms with van der Waals surface area (Å²) in [5.74, 6) is 2.51. The Morgan fingerprint density at radius 2 is 1.81 bits per heavy atom. The molecule has 2 aliphatic rings. The number of ether oxygens (including phenoxy) is 3. The summed E-state index contributed by atoms with van der Waals surface area (Å²) >= 11 is 0. The Kier molecular flexibility index (Phi) is 7.53. The van der Waals surface area contributed by atoms with E-state index >= 15 is 0 Å². The monoisotopic (exact) mass is 489 g/mol. The summed E-state index contributed by atoms with van der Waals surface area (Å²) in [6.45, 7) is 10.4. The van der Waals surface area contributed by atoms with Gasteiger partial charge in [0.25, 0.3) is 5.56 Å². The first-order chi connectivity index (χ1) is 17.5. The van der Waals surface area contributed by atoms with Gasteiger partial charge in [-0.15, -0.1) is 0 Å². The van der Waals surface area contributed by atoms with Crippen LogP contribution in [0.15, 0.2) is 47.3 Å². The van der Waals surface area contributed by atoms with Crippen molar-refractivity contribution in [2.45, 2.75) is 45.8 Å². The van der Waals surface area contributed by atoms with Gasteiger partial charge in [0.1, 0.15) is 19.0 Å². The van der Waals surface area contributed by atoms with Crippen LogP contribution in [0.3, 0.4) is 0 Å². The summed E-state index contributed by atoms with van der Waals surface area (Å²) in [5.41, 5.74) is 3.28. The Bertz CT molecular complexity index is 1270. The van der Waals surface area contributed by atoms with Gasteiger partial charge in [0.15, 0.2) is 19.5 Å². The molecule has 36 heavy (non-hydrogen) atoms. The highest BCUT2D eigenvalue weighted by molar-refractivity contribution is 6.04. The molecule has 0 radical (unpaired) electrons. The number of fused-ring (bicyclic) bond motifs is 2. The summed E-state index contributed by atoms with van der Waals surface area (Å²) < 4.78 is 19.0. The van der Waals surface area contributed by atoms with E-state index in [-0.39, 0.29) is 5.56 Å². The quantitative estimate of drug-likeness (QED) is 0.454. The van der Waals surface area contributed by atoms with Gasteiger partial charge in [-0.2, -0.15) is 0 Å². The second kappa shape index (κ2) is 11.0. The van der Waals surface area contributed by atoms with Crippen LogP contribution in [0.5, 0.6) is 17.2 Å². The smallest absolute Gasteiger partial charge is 0.251 e. The highest BCUT2D eigenvalue weighted by Crippen LogP contribution is 2.31. The zero-order chi connectivity index (χ0) is 25.1. The van der Waals surface area contributed by atoms with Crippen LogP contribution in [0.4, 0.5) is 0 Å². The van der Waals surface area contributed by atoms with Gasteiger partial charge in [-0.1, -0.05) is 6.07 Å². The molecule has 3 aromatic rings. The number of nitrogens with zero attached hydrogens (tertiary/aromatic N) is 3. The lowest BCUT2D eigenvalue weighted by Gasteiger charge is -2.37.